The second kappa shape index (κ2) is 7.01. The van der Waals surface area contributed by atoms with Crippen LogP contribution in [-0.4, -0.2) is 24.0 Å². The first-order valence-corrected chi connectivity index (χ1v) is 7.06. The predicted molar refractivity (Wildman–Crippen MR) is 83.5 cm³/mol. The maximum absolute atomic E-state index is 12.0. The number of hydrogen-bond donors (Lipinski definition) is 0. The summed E-state index contributed by atoms with van der Waals surface area (Å²) in [6.07, 6.45) is 0. The van der Waals surface area contributed by atoms with Crippen LogP contribution in [0.25, 0.3) is 0 Å². The van der Waals surface area contributed by atoms with Gasteiger partial charge >= 0.3 is 11.9 Å². The second-order valence-corrected chi connectivity index (χ2v) is 5.18. The number of esters is 2. The quantitative estimate of drug-likeness (QED) is 0.349. The zero-order valence-corrected chi connectivity index (χ0v) is 13.4. The largest absolute Gasteiger partial charge is 0.465 e. The summed E-state index contributed by atoms with van der Waals surface area (Å²) in [5.74, 6) is -1.05. The lowest BCUT2D eigenvalue weighted by molar-refractivity contribution is -0.385. The monoisotopic (exact) mass is 379 g/mol. The van der Waals surface area contributed by atoms with Gasteiger partial charge in [0.25, 0.3) is 5.69 Å². The Balaban J connectivity index is 2.17. The normalized spacial score (nSPS) is 10.0. The SMILES string of the molecule is COC(=O)c1ccc(OC(=O)c2ccc(Br)c([N+](=O)[O-])c2)cc1. The van der Waals surface area contributed by atoms with E-state index in [-0.39, 0.29) is 21.5 Å². The van der Waals surface area contributed by atoms with Crippen molar-refractivity contribution in [3.05, 3.63) is 68.2 Å². The summed E-state index contributed by atoms with van der Waals surface area (Å²) in [5, 5.41) is 10.9. The van der Waals surface area contributed by atoms with Gasteiger partial charge in [-0.3, -0.25) is 10.1 Å². The highest BCUT2D eigenvalue weighted by molar-refractivity contribution is 9.10. The maximum atomic E-state index is 12.0. The first-order chi connectivity index (χ1) is 10.9. The highest BCUT2D eigenvalue weighted by Crippen LogP contribution is 2.26. The van der Waals surface area contributed by atoms with Crippen molar-refractivity contribution in [2.45, 2.75) is 0 Å². The first-order valence-electron chi connectivity index (χ1n) is 6.27. The Kier molecular flexibility index (Phi) is 5.07. The summed E-state index contributed by atoms with van der Waals surface area (Å²) in [6, 6.07) is 9.67. The molecule has 0 unspecified atom stereocenters. The molecule has 23 heavy (non-hydrogen) atoms. The van der Waals surface area contributed by atoms with Crippen LogP contribution < -0.4 is 4.74 Å². The minimum absolute atomic E-state index is 0.0388. The number of nitro groups is 1. The number of rotatable bonds is 4. The standard InChI is InChI=1S/C15H10BrNO6/c1-22-14(18)9-2-5-11(6-3-9)23-15(19)10-4-7-12(16)13(8-10)17(20)21/h2-8H,1H3. The highest BCUT2D eigenvalue weighted by Gasteiger charge is 2.17. The van der Waals surface area contributed by atoms with E-state index in [0.29, 0.717) is 5.56 Å². The van der Waals surface area contributed by atoms with E-state index in [9.17, 15) is 19.7 Å². The molecular weight excluding hydrogens is 370 g/mol. The van der Waals surface area contributed by atoms with Crippen LogP contribution in [0.2, 0.25) is 0 Å². The van der Waals surface area contributed by atoms with Crippen LogP contribution in [-0.2, 0) is 4.74 Å². The lowest BCUT2D eigenvalue weighted by Crippen LogP contribution is -2.09. The minimum atomic E-state index is -0.744. The fourth-order valence-corrected chi connectivity index (χ4v) is 2.11. The molecule has 0 aliphatic heterocycles. The molecular formula is C15H10BrNO6. The smallest absolute Gasteiger partial charge is 0.343 e. The van der Waals surface area contributed by atoms with E-state index in [2.05, 4.69) is 20.7 Å². The third-order valence-corrected chi connectivity index (χ3v) is 3.54. The molecule has 118 valence electrons. The van der Waals surface area contributed by atoms with Gasteiger partial charge < -0.3 is 9.47 Å². The van der Waals surface area contributed by atoms with Crippen molar-refractivity contribution >= 4 is 33.6 Å². The second-order valence-electron chi connectivity index (χ2n) is 4.33. The lowest BCUT2D eigenvalue weighted by atomic mass is 10.2. The molecule has 0 amide bonds. The minimum Gasteiger partial charge on any atom is -0.465 e. The van der Waals surface area contributed by atoms with Crippen LogP contribution in [0.15, 0.2) is 46.9 Å². The Morgan fingerprint density at radius 3 is 2.22 bits per heavy atom. The van der Waals surface area contributed by atoms with Crippen LogP contribution in [0, 0.1) is 10.1 Å². The molecule has 0 N–H and O–H groups in total. The van der Waals surface area contributed by atoms with Gasteiger partial charge in [0, 0.05) is 6.07 Å². The van der Waals surface area contributed by atoms with E-state index in [1.807, 2.05) is 0 Å². The number of methoxy groups -OCH3 is 1. The van der Waals surface area contributed by atoms with Gasteiger partial charge in [-0.1, -0.05) is 0 Å². The highest BCUT2D eigenvalue weighted by atomic mass is 79.9. The maximum Gasteiger partial charge on any atom is 0.343 e. The molecule has 0 spiro atoms. The van der Waals surface area contributed by atoms with E-state index >= 15 is 0 Å². The molecule has 0 bridgehead atoms. The van der Waals surface area contributed by atoms with Crippen molar-refractivity contribution in [1.82, 2.24) is 0 Å². The van der Waals surface area contributed by atoms with Crippen molar-refractivity contribution in [3.63, 3.8) is 0 Å². The number of carbonyl (C=O) groups excluding carboxylic acids is 2. The van der Waals surface area contributed by atoms with E-state index < -0.39 is 16.9 Å². The molecule has 2 rings (SSSR count). The molecule has 0 fully saturated rings. The lowest BCUT2D eigenvalue weighted by Gasteiger charge is -2.05. The fourth-order valence-electron chi connectivity index (χ4n) is 1.72. The average molecular weight is 380 g/mol. The van der Waals surface area contributed by atoms with Gasteiger partial charge in [-0.05, 0) is 52.3 Å². The number of halogens is 1. The predicted octanol–water partition coefficient (Wildman–Crippen LogP) is 3.36. The Morgan fingerprint density at radius 2 is 1.65 bits per heavy atom. The molecule has 0 radical (unpaired) electrons. The molecule has 2 aromatic carbocycles. The van der Waals surface area contributed by atoms with Gasteiger partial charge in [0.15, 0.2) is 0 Å². The Labute approximate surface area is 139 Å². The fraction of sp³-hybridized carbons (Fsp3) is 0.0667. The summed E-state index contributed by atoms with van der Waals surface area (Å²) < 4.78 is 9.94. The van der Waals surface area contributed by atoms with Crippen LogP contribution >= 0.6 is 15.9 Å². The van der Waals surface area contributed by atoms with Gasteiger partial charge in [-0.2, -0.15) is 0 Å². The van der Waals surface area contributed by atoms with Gasteiger partial charge in [-0.15, -0.1) is 0 Å². The molecule has 2 aromatic rings. The molecule has 0 saturated carbocycles. The summed E-state index contributed by atoms with van der Waals surface area (Å²) in [5.41, 5.74) is 0.115. The molecule has 0 aliphatic carbocycles. The van der Waals surface area contributed by atoms with Crippen molar-refractivity contribution < 1.29 is 24.0 Å². The molecule has 8 heteroatoms. The zero-order valence-electron chi connectivity index (χ0n) is 11.8. The summed E-state index contributed by atoms with van der Waals surface area (Å²) in [6.45, 7) is 0. The molecule has 0 atom stereocenters. The van der Waals surface area contributed by atoms with Gasteiger partial charge in [0.2, 0.25) is 0 Å². The van der Waals surface area contributed by atoms with Crippen LogP contribution in [0.1, 0.15) is 20.7 Å². The van der Waals surface area contributed by atoms with E-state index in [1.54, 1.807) is 0 Å². The van der Waals surface area contributed by atoms with Gasteiger partial charge in [0.05, 0.1) is 27.6 Å². The molecule has 0 aliphatic rings. The third-order valence-electron chi connectivity index (χ3n) is 2.86. The van der Waals surface area contributed by atoms with E-state index in [0.717, 1.165) is 6.07 Å². The van der Waals surface area contributed by atoms with Crippen LogP contribution in [0.4, 0.5) is 5.69 Å². The van der Waals surface area contributed by atoms with Crippen molar-refractivity contribution in [2.75, 3.05) is 7.11 Å². The first kappa shape index (κ1) is 16.6. The van der Waals surface area contributed by atoms with Crippen LogP contribution in [0.5, 0.6) is 5.75 Å². The molecule has 0 heterocycles. The Morgan fingerprint density at radius 1 is 1.04 bits per heavy atom. The molecule has 0 aromatic heterocycles. The average Bonchev–Trinajstić information content (AvgIpc) is 2.54. The summed E-state index contributed by atoms with van der Waals surface area (Å²) in [7, 11) is 1.26. The van der Waals surface area contributed by atoms with E-state index in [4.69, 9.17) is 4.74 Å². The van der Waals surface area contributed by atoms with E-state index in [1.165, 1.54) is 43.5 Å². The number of benzene rings is 2. The van der Waals surface area contributed by atoms with Gasteiger partial charge in [0.1, 0.15) is 5.75 Å². The molecule has 0 saturated heterocycles. The van der Waals surface area contributed by atoms with Crippen molar-refractivity contribution in [3.8, 4) is 5.75 Å². The Bertz CT molecular complexity index is 772. The number of carbonyl (C=O) groups is 2. The van der Waals surface area contributed by atoms with Gasteiger partial charge in [-0.25, -0.2) is 9.59 Å². The topological polar surface area (TPSA) is 95.7 Å². The van der Waals surface area contributed by atoms with Crippen molar-refractivity contribution in [1.29, 1.82) is 0 Å². The number of nitro benzene ring substituents is 1. The number of nitrogens with zero attached hydrogens (tertiary/aromatic N) is 1. The van der Waals surface area contributed by atoms with Crippen molar-refractivity contribution in [2.24, 2.45) is 0 Å². The Hall–Kier alpha value is -2.74. The van der Waals surface area contributed by atoms with Crippen LogP contribution in [0.3, 0.4) is 0 Å². The third kappa shape index (κ3) is 3.92. The summed E-state index contributed by atoms with van der Waals surface area (Å²) >= 11 is 3.04. The number of hydrogen-bond acceptors (Lipinski definition) is 6. The number of ether oxygens (including phenoxy) is 2. The zero-order chi connectivity index (χ0) is 17.0. The summed E-state index contributed by atoms with van der Waals surface area (Å²) in [4.78, 5) is 33.6. The molecule has 7 nitrogen and oxygen atoms in total.